The molecule has 17 heavy (non-hydrogen) atoms. The molecule has 0 aromatic heterocycles. The molecule has 0 amide bonds. The van der Waals surface area contributed by atoms with Gasteiger partial charge in [-0.15, -0.1) is 0 Å². The van der Waals surface area contributed by atoms with Gasteiger partial charge in [0.1, 0.15) is 0 Å². The van der Waals surface area contributed by atoms with Crippen LogP contribution in [-0.4, -0.2) is 5.16 Å². The third-order valence-electron chi connectivity index (χ3n) is 2.93. The maximum absolute atomic E-state index is 12.6. The van der Waals surface area contributed by atoms with Crippen molar-refractivity contribution in [2.75, 3.05) is 0 Å². The third kappa shape index (κ3) is 3.14. The Balaban J connectivity index is 3.17. The van der Waals surface area contributed by atoms with Crippen LogP contribution in [0.1, 0.15) is 47.1 Å². The Morgan fingerprint density at radius 2 is 1.35 bits per heavy atom. The molecule has 0 saturated carbocycles. The predicted octanol–water partition coefficient (Wildman–Crippen LogP) is 4.92. The van der Waals surface area contributed by atoms with Crippen LogP contribution < -0.4 is 5.30 Å². The average molecular weight is 273 g/mol. The summed E-state index contributed by atoms with van der Waals surface area (Å²) in [6, 6.07) is 7.85. The smallest absolute Gasteiger partial charge is 0.202 e. The minimum atomic E-state index is -2.83. The van der Waals surface area contributed by atoms with E-state index in [0.29, 0.717) is 0 Å². The summed E-state index contributed by atoms with van der Waals surface area (Å²) in [5.74, 6) is 0. The van der Waals surface area contributed by atoms with Crippen molar-refractivity contribution < 1.29 is 4.57 Å². The van der Waals surface area contributed by atoms with Crippen molar-refractivity contribution in [3.05, 3.63) is 29.8 Å². The number of rotatable bonds is 1. The summed E-state index contributed by atoms with van der Waals surface area (Å²) in [5.41, 5.74) is 1.34. The maximum atomic E-state index is 12.6. The van der Waals surface area contributed by atoms with Crippen molar-refractivity contribution in [1.29, 1.82) is 0 Å². The number of hydrogen-bond donors (Lipinski definition) is 0. The second kappa shape index (κ2) is 4.44. The number of hydrogen-bond acceptors (Lipinski definition) is 1. The minimum Gasteiger partial charge on any atom is -0.301 e. The molecule has 0 unspecified atom stereocenters. The van der Waals surface area contributed by atoms with E-state index >= 15 is 0 Å². The molecule has 0 radical (unpaired) electrons. The third-order valence-corrected chi connectivity index (χ3v) is 7.72. The van der Waals surface area contributed by atoms with E-state index in [1.54, 1.807) is 0 Å². The summed E-state index contributed by atoms with van der Waals surface area (Å²) in [6.07, 6.45) is 0. The SMILES string of the molecule is CC(C)(C)c1ccc([P@@](=O)(Cl)C(C)(C)C)cc1. The minimum absolute atomic E-state index is 0.108. The molecule has 0 aliphatic carbocycles. The van der Waals surface area contributed by atoms with Crippen LogP contribution in [-0.2, 0) is 9.98 Å². The molecule has 0 N–H and O–H groups in total. The maximum Gasteiger partial charge on any atom is 0.202 e. The highest BCUT2D eigenvalue weighted by molar-refractivity contribution is 7.96. The Hall–Kier alpha value is -0.260. The van der Waals surface area contributed by atoms with Crippen molar-refractivity contribution in [3.63, 3.8) is 0 Å². The van der Waals surface area contributed by atoms with Gasteiger partial charge in [-0.2, -0.15) is 0 Å². The molecule has 1 aromatic rings. The monoisotopic (exact) mass is 272 g/mol. The first-order valence-corrected chi connectivity index (χ1v) is 8.48. The molecule has 0 fully saturated rings. The van der Waals surface area contributed by atoms with Gasteiger partial charge in [-0.3, -0.25) is 0 Å². The predicted molar refractivity (Wildman–Crippen MR) is 78.0 cm³/mol. The lowest BCUT2D eigenvalue weighted by Gasteiger charge is -2.26. The molecular weight excluding hydrogens is 251 g/mol. The van der Waals surface area contributed by atoms with Crippen LogP contribution in [0.15, 0.2) is 24.3 Å². The number of benzene rings is 1. The van der Waals surface area contributed by atoms with Gasteiger partial charge >= 0.3 is 0 Å². The van der Waals surface area contributed by atoms with Crippen LogP contribution in [0, 0.1) is 0 Å². The molecule has 1 atom stereocenters. The first-order chi connectivity index (χ1) is 7.46. The van der Waals surface area contributed by atoms with Crippen LogP contribution >= 0.6 is 17.7 Å². The van der Waals surface area contributed by atoms with Gasteiger partial charge < -0.3 is 4.57 Å². The molecule has 0 aliphatic heterocycles. The van der Waals surface area contributed by atoms with Crippen LogP contribution in [0.25, 0.3) is 0 Å². The van der Waals surface area contributed by atoms with Crippen molar-refractivity contribution in [2.24, 2.45) is 0 Å². The Bertz CT molecular complexity index is 435. The van der Waals surface area contributed by atoms with E-state index in [9.17, 15) is 4.57 Å². The zero-order valence-electron chi connectivity index (χ0n) is 11.5. The van der Waals surface area contributed by atoms with Gasteiger partial charge in [-0.1, -0.05) is 65.8 Å². The molecule has 0 bridgehead atoms. The van der Waals surface area contributed by atoms with Crippen LogP contribution in [0.2, 0.25) is 0 Å². The van der Waals surface area contributed by atoms with Gasteiger partial charge in [0.25, 0.3) is 0 Å². The van der Waals surface area contributed by atoms with Crippen molar-refractivity contribution in [2.45, 2.75) is 52.1 Å². The van der Waals surface area contributed by atoms with Crippen LogP contribution in [0.5, 0.6) is 0 Å². The molecule has 0 spiro atoms. The van der Waals surface area contributed by atoms with E-state index in [1.807, 2.05) is 45.0 Å². The van der Waals surface area contributed by atoms with Gasteiger partial charge in [-0.25, -0.2) is 0 Å². The fraction of sp³-hybridized carbons (Fsp3) is 0.571. The first kappa shape index (κ1) is 14.8. The molecule has 3 heteroatoms. The fourth-order valence-corrected chi connectivity index (χ4v) is 3.19. The second-order valence-electron chi connectivity index (χ2n) is 6.50. The molecule has 96 valence electrons. The molecular formula is C14H22ClOP. The Morgan fingerprint density at radius 3 is 1.65 bits per heavy atom. The molecule has 1 rings (SSSR count). The van der Waals surface area contributed by atoms with Crippen molar-refractivity contribution in [1.82, 2.24) is 0 Å². The lowest BCUT2D eigenvalue weighted by atomic mass is 9.87. The normalized spacial score (nSPS) is 16.6. The summed E-state index contributed by atoms with van der Waals surface area (Å²) in [7, 11) is 0. The summed E-state index contributed by atoms with van der Waals surface area (Å²) in [6.45, 7) is 9.39. The van der Waals surface area contributed by atoms with E-state index in [4.69, 9.17) is 11.2 Å². The quantitative estimate of drug-likeness (QED) is 0.663. The summed E-state index contributed by atoms with van der Waals surface area (Å²) < 4.78 is 12.6. The Labute approximate surface area is 110 Å². The van der Waals surface area contributed by atoms with Gasteiger partial charge in [0.2, 0.25) is 6.49 Å². The highest BCUT2D eigenvalue weighted by Gasteiger charge is 2.36. The molecule has 0 aliphatic rings. The van der Waals surface area contributed by atoms with Crippen LogP contribution in [0.3, 0.4) is 0 Å². The van der Waals surface area contributed by atoms with Gasteiger partial charge in [0.05, 0.1) is 0 Å². The summed E-state index contributed by atoms with van der Waals surface area (Å²) in [4.78, 5) is 0. The Kier molecular flexibility index (Phi) is 3.87. The van der Waals surface area contributed by atoms with Gasteiger partial charge in [-0.05, 0) is 22.2 Å². The Morgan fingerprint density at radius 1 is 0.941 bits per heavy atom. The van der Waals surface area contributed by atoms with Crippen LogP contribution in [0.4, 0.5) is 0 Å². The number of halogens is 1. The largest absolute Gasteiger partial charge is 0.301 e. The van der Waals surface area contributed by atoms with E-state index < -0.39 is 11.7 Å². The molecule has 0 heterocycles. The average Bonchev–Trinajstić information content (AvgIpc) is 2.15. The van der Waals surface area contributed by atoms with E-state index in [1.165, 1.54) is 5.56 Å². The van der Waals surface area contributed by atoms with Gasteiger partial charge in [0, 0.05) is 10.5 Å². The second-order valence-corrected chi connectivity index (χ2v) is 10.9. The highest BCUT2D eigenvalue weighted by atomic mass is 35.7. The van der Waals surface area contributed by atoms with Crippen molar-refractivity contribution >= 4 is 23.0 Å². The van der Waals surface area contributed by atoms with Gasteiger partial charge in [0.15, 0.2) is 0 Å². The molecule has 0 saturated heterocycles. The van der Waals surface area contributed by atoms with Crippen molar-refractivity contribution in [3.8, 4) is 0 Å². The lowest BCUT2D eigenvalue weighted by molar-refractivity contribution is 0.567. The van der Waals surface area contributed by atoms with E-state index in [0.717, 1.165) is 5.30 Å². The standard InChI is InChI=1S/C14H22ClOP/c1-13(2,3)11-7-9-12(10-8-11)17(15,16)14(4,5)6/h7-10H,1-6H3/t17-/m0/s1. The topological polar surface area (TPSA) is 17.1 Å². The first-order valence-electron chi connectivity index (χ1n) is 5.87. The zero-order valence-corrected chi connectivity index (χ0v) is 13.2. The summed E-state index contributed by atoms with van der Waals surface area (Å²) >= 11 is 6.26. The lowest BCUT2D eigenvalue weighted by Crippen LogP contribution is -2.20. The van der Waals surface area contributed by atoms with E-state index in [-0.39, 0.29) is 5.41 Å². The van der Waals surface area contributed by atoms with E-state index in [2.05, 4.69) is 20.8 Å². The fourth-order valence-electron chi connectivity index (χ4n) is 1.54. The molecule has 1 aromatic carbocycles. The molecule has 1 nitrogen and oxygen atoms in total. The summed E-state index contributed by atoms with van der Waals surface area (Å²) in [5, 5.41) is 0.345. The highest BCUT2D eigenvalue weighted by Crippen LogP contribution is 2.61. The zero-order chi connectivity index (χ0) is 13.5.